The first kappa shape index (κ1) is 16.9. The molecule has 5 nitrogen and oxygen atoms in total. The summed E-state index contributed by atoms with van der Waals surface area (Å²) in [5.41, 5.74) is 1.16. The normalized spacial score (nSPS) is 22.3. The predicted octanol–water partition coefficient (Wildman–Crippen LogP) is 1.73. The molecule has 6 heteroatoms. The van der Waals surface area contributed by atoms with Crippen molar-refractivity contribution in [3.8, 4) is 0 Å². The lowest BCUT2D eigenvalue weighted by atomic mass is 10.0. The summed E-state index contributed by atoms with van der Waals surface area (Å²) in [5.74, 6) is 0. The lowest BCUT2D eigenvalue weighted by molar-refractivity contribution is 0.00610. The number of hydrogen-bond donors (Lipinski definition) is 0. The SMILES string of the molecule is CCc1ccc(S(=O)(=O)N2CCC(N3CCOCC3)CC2)cc1. The minimum Gasteiger partial charge on any atom is -0.379 e. The number of benzene rings is 1. The third-order valence-corrected chi connectivity index (χ3v) is 6.87. The topological polar surface area (TPSA) is 49.9 Å². The average Bonchev–Trinajstić information content (AvgIpc) is 2.62. The second-order valence-corrected chi connectivity index (χ2v) is 8.22. The maximum absolute atomic E-state index is 12.8. The van der Waals surface area contributed by atoms with E-state index in [9.17, 15) is 8.42 Å². The van der Waals surface area contributed by atoms with Crippen molar-refractivity contribution in [2.24, 2.45) is 0 Å². The fourth-order valence-electron chi connectivity index (χ4n) is 3.44. The van der Waals surface area contributed by atoms with E-state index >= 15 is 0 Å². The average molecular weight is 338 g/mol. The van der Waals surface area contributed by atoms with E-state index in [1.165, 1.54) is 0 Å². The zero-order chi connectivity index (χ0) is 16.3. The van der Waals surface area contributed by atoms with Gasteiger partial charge in [-0.2, -0.15) is 4.31 Å². The molecule has 0 radical (unpaired) electrons. The Labute approximate surface area is 139 Å². The smallest absolute Gasteiger partial charge is 0.243 e. The molecule has 0 amide bonds. The first-order valence-electron chi connectivity index (χ1n) is 8.52. The van der Waals surface area contributed by atoms with Crippen molar-refractivity contribution < 1.29 is 13.2 Å². The van der Waals surface area contributed by atoms with Crippen molar-refractivity contribution in [1.82, 2.24) is 9.21 Å². The highest BCUT2D eigenvalue weighted by atomic mass is 32.2. The molecule has 0 unspecified atom stereocenters. The molecule has 0 bridgehead atoms. The Balaban J connectivity index is 1.63. The van der Waals surface area contributed by atoms with Gasteiger partial charge in [-0.25, -0.2) is 8.42 Å². The molecule has 3 rings (SSSR count). The minimum atomic E-state index is -3.35. The monoisotopic (exact) mass is 338 g/mol. The van der Waals surface area contributed by atoms with Crippen molar-refractivity contribution in [3.63, 3.8) is 0 Å². The van der Waals surface area contributed by atoms with Crippen molar-refractivity contribution in [2.75, 3.05) is 39.4 Å². The second-order valence-electron chi connectivity index (χ2n) is 6.28. The van der Waals surface area contributed by atoms with E-state index in [2.05, 4.69) is 11.8 Å². The third kappa shape index (κ3) is 3.76. The van der Waals surface area contributed by atoms with Gasteiger partial charge in [0.25, 0.3) is 0 Å². The lowest BCUT2D eigenvalue weighted by Crippen LogP contribution is -2.50. The Morgan fingerprint density at radius 3 is 2.22 bits per heavy atom. The number of aryl methyl sites for hydroxylation is 1. The summed E-state index contributed by atoms with van der Waals surface area (Å²) in [6.07, 6.45) is 2.74. The summed E-state index contributed by atoms with van der Waals surface area (Å²) in [6.45, 7) is 6.82. The number of sulfonamides is 1. The van der Waals surface area contributed by atoms with Crippen molar-refractivity contribution in [1.29, 1.82) is 0 Å². The number of piperidine rings is 1. The van der Waals surface area contributed by atoms with Gasteiger partial charge >= 0.3 is 0 Å². The van der Waals surface area contributed by atoms with Gasteiger partial charge in [0, 0.05) is 32.2 Å². The molecular weight excluding hydrogens is 312 g/mol. The van der Waals surface area contributed by atoms with E-state index in [0.717, 1.165) is 51.1 Å². The zero-order valence-corrected chi connectivity index (χ0v) is 14.6. The standard InChI is InChI=1S/C17H26N2O3S/c1-2-15-3-5-17(6-4-15)23(20,21)19-9-7-16(8-10-19)18-11-13-22-14-12-18/h3-6,16H,2,7-14H2,1H3. The lowest BCUT2D eigenvalue weighted by Gasteiger charge is -2.39. The van der Waals surface area contributed by atoms with Crippen LogP contribution >= 0.6 is 0 Å². The van der Waals surface area contributed by atoms with Crippen LogP contribution < -0.4 is 0 Å². The maximum Gasteiger partial charge on any atom is 0.243 e. The van der Waals surface area contributed by atoms with Gasteiger partial charge in [0.1, 0.15) is 0 Å². The van der Waals surface area contributed by atoms with Gasteiger partial charge in [0.05, 0.1) is 18.1 Å². The van der Waals surface area contributed by atoms with Crippen LogP contribution in [0.4, 0.5) is 0 Å². The van der Waals surface area contributed by atoms with Crippen molar-refractivity contribution >= 4 is 10.0 Å². The summed E-state index contributed by atoms with van der Waals surface area (Å²) in [4.78, 5) is 2.86. The van der Waals surface area contributed by atoms with Gasteiger partial charge in [-0.15, -0.1) is 0 Å². The molecule has 0 saturated carbocycles. The van der Waals surface area contributed by atoms with E-state index in [1.807, 2.05) is 12.1 Å². The van der Waals surface area contributed by atoms with Crippen LogP contribution in [0.2, 0.25) is 0 Å². The number of ether oxygens (including phenoxy) is 1. The number of rotatable bonds is 4. The molecule has 2 saturated heterocycles. The Hall–Kier alpha value is -0.950. The van der Waals surface area contributed by atoms with Crippen LogP contribution in [-0.2, 0) is 21.2 Å². The third-order valence-electron chi connectivity index (χ3n) is 4.95. The van der Waals surface area contributed by atoms with Gasteiger partial charge in [-0.1, -0.05) is 19.1 Å². The van der Waals surface area contributed by atoms with Crippen LogP contribution in [0.3, 0.4) is 0 Å². The summed E-state index contributed by atoms with van der Waals surface area (Å²) in [7, 11) is -3.35. The van der Waals surface area contributed by atoms with Gasteiger partial charge in [-0.3, -0.25) is 4.90 Å². The van der Waals surface area contributed by atoms with Crippen LogP contribution in [0.25, 0.3) is 0 Å². The highest BCUT2D eigenvalue weighted by Crippen LogP contribution is 2.24. The van der Waals surface area contributed by atoms with Crippen LogP contribution in [0.5, 0.6) is 0 Å². The Bertz CT molecular complexity index is 601. The van der Waals surface area contributed by atoms with Crippen molar-refractivity contribution in [3.05, 3.63) is 29.8 Å². The van der Waals surface area contributed by atoms with Gasteiger partial charge in [0.15, 0.2) is 0 Å². The number of nitrogens with zero attached hydrogens (tertiary/aromatic N) is 2. The molecule has 0 atom stereocenters. The minimum absolute atomic E-state index is 0.416. The zero-order valence-electron chi connectivity index (χ0n) is 13.8. The molecule has 23 heavy (non-hydrogen) atoms. The summed E-state index contributed by atoms with van der Waals surface area (Å²) >= 11 is 0. The van der Waals surface area contributed by atoms with Crippen LogP contribution in [0.1, 0.15) is 25.3 Å². The summed E-state index contributed by atoms with van der Waals surface area (Å²) < 4.78 is 32.6. The fraction of sp³-hybridized carbons (Fsp3) is 0.647. The highest BCUT2D eigenvalue weighted by molar-refractivity contribution is 7.89. The second kappa shape index (κ2) is 7.30. The Morgan fingerprint density at radius 1 is 1.04 bits per heavy atom. The van der Waals surface area contributed by atoms with Gasteiger partial charge < -0.3 is 4.74 Å². The van der Waals surface area contributed by atoms with Crippen LogP contribution in [0, 0.1) is 0 Å². The highest BCUT2D eigenvalue weighted by Gasteiger charge is 2.32. The molecule has 1 aromatic rings. The van der Waals surface area contributed by atoms with E-state index in [1.54, 1.807) is 16.4 Å². The molecule has 1 aromatic carbocycles. The van der Waals surface area contributed by atoms with E-state index in [-0.39, 0.29) is 0 Å². The molecule has 0 aliphatic carbocycles. The molecule has 128 valence electrons. The first-order valence-corrected chi connectivity index (χ1v) is 9.96. The molecule has 0 aromatic heterocycles. The molecule has 0 N–H and O–H groups in total. The fourth-order valence-corrected chi connectivity index (χ4v) is 4.91. The van der Waals surface area contributed by atoms with Crippen LogP contribution in [0.15, 0.2) is 29.2 Å². The first-order chi connectivity index (χ1) is 11.1. The summed E-state index contributed by atoms with van der Waals surface area (Å²) in [5, 5.41) is 0. The maximum atomic E-state index is 12.8. The molecule has 0 spiro atoms. The van der Waals surface area contributed by atoms with E-state index in [4.69, 9.17) is 4.74 Å². The molecule has 2 aliphatic heterocycles. The van der Waals surface area contributed by atoms with Gasteiger partial charge in [0.2, 0.25) is 10.0 Å². The number of morpholine rings is 1. The molecular formula is C17H26N2O3S. The molecule has 2 aliphatic rings. The van der Waals surface area contributed by atoms with E-state index < -0.39 is 10.0 Å². The quantitative estimate of drug-likeness (QED) is 0.839. The Kier molecular flexibility index (Phi) is 5.36. The van der Waals surface area contributed by atoms with Gasteiger partial charge in [-0.05, 0) is 37.0 Å². The molecule has 2 fully saturated rings. The van der Waals surface area contributed by atoms with E-state index in [0.29, 0.717) is 24.0 Å². The van der Waals surface area contributed by atoms with Crippen LogP contribution in [-0.4, -0.2) is 63.1 Å². The predicted molar refractivity (Wildman–Crippen MR) is 90.0 cm³/mol. The Morgan fingerprint density at radius 2 is 1.65 bits per heavy atom. The summed E-state index contributed by atoms with van der Waals surface area (Å²) in [6, 6.07) is 7.79. The largest absolute Gasteiger partial charge is 0.379 e. The van der Waals surface area contributed by atoms with Crippen molar-refractivity contribution in [2.45, 2.75) is 37.1 Å². The number of hydrogen-bond acceptors (Lipinski definition) is 4. The molecule has 2 heterocycles.